The minimum atomic E-state index is 0.0739. The Kier molecular flexibility index (Phi) is 6.81. The maximum absolute atomic E-state index is 8.93. The van der Waals surface area contributed by atoms with E-state index in [1.807, 2.05) is 24.3 Å². The molecule has 0 saturated carbocycles. The van der Waals surface area contributed by atoms with Crippen molar-refractivity contribution in [3.05, 3.63) is 35.4 Å². The second-order valence-electron chi connectivity index (χ2n) is 4.02. The third kappa shape index (κ3) is 5.28. The standard InChI is InChI=1S/C13H21NO3/c1-17-10-13(6-7-15)14-8-11-2-4-12(9-16)5-3-11/h2-5,13-16H,6-10H2,1H3. The van der Waals surface area contributed by atoms with Crippen molar-refractivity contribution in [3.8, 4) is 0 Å². The summed E-state index contributed by atoms with van der Waals surface area (Å²) in [5.41, 5.74) is 2.07. The Morgan fingerprint density at radius 1 is 1.18 bits per heavy atom. The molecule has 1 aromatic rings. The molecule has 96 valence electrons. The van der Waals surface area contributed by atoms with E-state index in [0.29, 0.717) is 13.0 Å². The predicted octanol–water partition coefficient (Wildman–Crippen LogP) is 0.666. The summed E-state index contributed by atoms with van der Waals surface area (Å²) in [6, 6.07) is 7.97. The van der Waals surface area contributed by atoms with Crippen LogP contribution in [0.1, 0.15) is 17.5 Å². The lowest BCUT2D eigenvalue weighted by Gasteiger charge is -2.16. The van der Waals surface area contributed by atoms with Gasteiger partial charge in [-0.25, -0.2) is 0 Å². The van der Waals surface area contributed by atoms with E-state index < -0.39 is 0 Å². The summed E-state index contributed by atoms with van der Waals surface area (Å²) < 4.78 is 5.07. The number of hydrogen-bond acceptors (Lipinski definition) is 4. The number of ether oxygens (including phenoxy) is 1. The topological polar surface area (TPSA) is 61.7 Å². The van der Waals surface area contributed by atoms with Gasteiger partial charge < -0.3 is 20.3 Å². The minimum absolute atomic E-state index is 0.0739. The smallest absolute Gasteiger partial charge is 0.0681 e. The molecule has 0 aliphatic carbocycles. The van der Waals surface area contributed by atoms with Gasteiger partial charge in [-0.15, -0.1) is 0 Å². The molecular weight excluding hydrogens is 218 g/mol. The Morgan fingerprint density at radius 2 is 1.82 bits per heavy atom. The zero-order valence-electron chi connectivity index (χ0n) is 10.2. The van der Waals surface area contributed by atoms with E-state index in [4.69, 9.17) is 14.9 Å². The first kappa shape index (κ1) is 14.1. The summed E-state index contributed by atoms with van der Waals surface area (Å²) in [4.78, 5) is 0. The molecular formula is C13H21NO3. The molecule has 3 N–H and O–H groups in total. The van der Waals surface area contributed by atoms with Gasteiger partial charge in [0.2, 0.25) is 0 Å². The lowest BCUT2D eigenvalue weighted by molar-refractivity contribution is 0.148. The number of hydrogen-bond donors (Lipinski definition) is 3. The fraction of sp³-hybridized carbons (Fsp3) is 0.538. The fourth-order valence-corrected chi connectivity index (χ4v) is 1.63. The van der Waals surface area contributed by atoms with Crippen molar-refractivity contribution in [2.45, 2.75) is 25.6 Å². The summed E-state index contributed by atoms with van der Waals surface area (Å²) in [6.45, 7) is 1.56. The molecule has 0 aliphatic heterocycles. The molecule has 0 amide bonds. The van der Waals surface area contributed by atoms with Crippen molar-refractivity contribution in [1.82, 2.24) is 5.32 Å². The normalized spacial score (nSPS) is 12.6. The summed E-state index contributed by atoms with van der Waals surface area (Å²) in [5.74, 6) is 0. The first-order valence-corrected chi connectivity index (χ1v) is 5.82. The quantitative estimate of drug-likeness (QED) is 0.624. The van der Waals surface area contributed by atoms with Crippen LogP contribution >= 0.6 is 0 Å². The SMILES string of the molecule is COCC(CCO)NCc1ccc(CO)cc1. The average Bonchev–Trinajstić information content (AvgIpc) is 2.37. The van der Waals surface area contributed by atoms with Crippen molar-refractivity contribution in [3.63, 3.8) is 0 Å². The van der Waals surface area contributed by atoms with Gasteiger partial charge in [-0.2, -0.15) is 0 Å². The second kappa shape index (κ2) is 8.20. The van der Waals surface area contributed by atoms with E-state index in [-0.39, 0.29) is 19.3 Å². The zero-order valence-corrected chi connectivity index (χ0v) is 10.2. The van der Waals surface area contributed by atoms with E-state index in [1.54, 1.807) is 7.11 Å². The number of aliphatic hydroxyl groups is 2. The maximum atomic E-state index is 8.93. The highest BCUT2D eigenvalue weighted by molar-refractivity contribution is 5.21. The molecule has 1 rings (SSSR count). The molecule has 4 nitrogen and oxygen atoms in total. The Morgan fingerprint density at radius 3 is 2.35 bits per heavy atom. The Bertz CT molecular complexity index is 294. The molecule has 4 heteroatoms. The molecule has 0 aromatic heterocycles. The molecule has 0 bridgehead atoms. The van der Waals surface area contributed by atoms with Gasteiger partial charge in [0, 0.05) is 26.3 Å². The Labute approximate surface area is 102 Å². The monoisotopic (exact) mass is 239 g/mol. The summed E-state index contributed by atoms with van der Waals surface area (Å²) in [7, 11) is 1.65. The molecule has 1 atom stereocenters. The first-order valence-electron chi connectivity index (χ1n) is 5.82. The van der Waals surface area contributed by atoms with Crippen molar-refractivity contribution in [2.75, 3.05) is 20.3 Å². The average molecular weight is 239 g/mol. The highest BCUT2D eigenvalue weighted by Gasteiger charge is 2.06. The molecule has 17 heavy (non-hydrogen) atoms. The van der Waals surface area contributed by atoms with Gasteiger partial charge in [0.1, 0.15) is 0 Å². The van der Waals surface area contributed by atoms with Crippen LogP contribution < -0.4 is 5.32 Å². The van der Waals surface area contributed by atoms with E-state index in [9.17, 15) is 0 Å². The van der Waals surface area contributed by atoms with Crippen LogP contribution in [0.3, 0.4) is 0 Å². The number of methoxy groups -OCH3 is 1. The number of nitrogens with one attached hydrogen (secondary N) is 1. The van der Waals surface area contributed by atoms with Crippen LogP contribution in [0.5, 0.6) is 0 Å². The fourth-order valence-electron chi connectivity index (χ4n) is 1.63. The number of benzene rings is 1. The minimum Gasteiger partial charge on any atom is -0.396 e. The molecule has 1 aromatic carbocycles. The van der Waals surface area contributed by atoms with Crippen LogP contribution in [0.4, 0.5) is 0 Å². The Hall–Kier alpha value is -0.940. The molecule has 0 radical (unpaired) electrons. The van der Waals surface area contributed by atoms with Crippen LogP contribution in [0.25, 0.3) is 0 Å². The number of aliphatic hydroxyl groups excluding tert-OH is 2. The van der Waals surface area contributed by atoms with E-state index in [0.717, 1.165) is 17.7 Å². The van der Waals surface area contributed by atoms with Crippen molar-refractivity contribution < 1.29 is 14.9 Å². The van der Waals surface area contributed by atoms with Crippen LogP contribution in [0, 0.1) is 0 Å². The van der Waals surface area contributed by atoms with Crippen LogP contribution in [0.2, 0.25) is 0 Å². The lowest BCUT2D eigenvalue weighted by Crippen LogP contribution is -2.33. The van der Waals surface area contributed by atoms with E-state index in [1.165, 1.54) is 0 Å². The van der Waals surface area contributed by atoms with E-state index in [2.05, 4.69) is 5.32 Å². The second-order valence-corrected chi connectivity index (χ2v) is 4.02. The lowest BCUT2D eigenvalue weighted by atomic mass is 10.1. The van der Waals surface area contributed by atoms with Gasteiger partial charge in [-0.1, -0.05) is 24.3 Å². The van der Waals surface area contributed by atoms with Gasteiger partial charge in [0.05, 0.1) is 13.2 Å². The Balaban J connectivity index is 2.41. The maximum Gasteiger partial charge on any atom is 0.0681 e. The molecule has 0 heterocycles. The number of rotatable bonds is 8. The van der Waals surface area contributed by atoms with Crippen molar-refractivity contribution in [2.24, 2.45) is 0 Å². The third-order valence-electron chi connectivity index (χ3n) is 2.65. The highest BCUT2D eigenvalue weighted by Crippen LogP contribution is 2.05. The molecule has 0 spiro atoms. The van der Waals surface area contributed by atoms with Gasteiger partial charge >= 0.3 is 0 Å². The van der Waals surface area contributed by atoms with Crippen molar-refractivity contribution in [1.29, 1.82) is 0 Å². The zero-order chi connectivity index (χ0) is 12.5. The largest absolute Gasteiger partial charge is 0.396 e. The summed E-state index contributed by atoms with van der Waals surface area (Å²) in [6.07, 6.45) is 0.683. The van der Waals surface area contributed by atoms with Crippen LogP contribution in [-0.4, -0.2) is 36.6 Å². The van der Waals surface area contributed by atoms with Crippen LogP contribution in [-0.2, 0) is 17.9 Å². The van der Waals surface area contributed by atoms with Crippen molar-refractivity contribution >= 4 is 0 Å². The van der Waals surface area contributed by atoms with Gasteiger partial charge in [0.25, 0.3) is 0 Å². The molecule has 1 unspecified atom stereocenters. The van der Waals surface area contributed by atoms with Gasteiger partial charge in [-0.3, -0.25) is 0 Å². The summed E-state index contributed by atoms with van der Waals surface area (Å²) in [5, 5.41) is 21.2. The predicted molar refractivity (Wildman–Crippen MR) is 66.6 cm³/mol. The van der Waals surface area contributed by atoms with Crippen LogP contribution in [0.15, 0.2) is 24.3 Å². The summed E-state index contributed by atoms with van der Waals surface area (Å²) >= 11 is 0. The molecule has 0 aliphatic rings. The third-order valence-corrected chi connectivity index (χ3v) is 2.65. The van der Waals surface area contributed by atoms with E-state index >= 15 is 0 Å². The molecule has 0 saturated heterocycles. The highest BCUT2D eigenvalue weighted by atomic mass is 16.5. The molecule has 0 fully saturated rings. The van der Waals surface area contributed by atoms with Gasteiger partial charge in [0.15, 0.2) is 0 Å². The van der Waals surface area contributed by atoms with Gasteiger partial charge in [-0.05, 0) is 17.5 Å². The first-order chi connectivity index (χ1) is 8.30.